The van der Waals surface area contributed by atoms with Gasteiger partial charge in [-0.15, -0.1) is 11.8 Å². The molecule has 2 aromatic carbocycles. The van der Waals surface area contributed by atoms with E-state index in [0.29, 0.717) is 5.75 Å². The van der Waals surface area contributed by atoms with Crippen LogP contribution in [0.4, 0.5) is 5.69 Å². The van der Waals surface area contributed by atoms with Crippen molar-refractivity contribution in [3.8, 4) is 0 Å². The Morgan fingerprint density at radius 3 is 2.57 bits per heavy atom. The number of carbonyl (C=O) groups excluding carboxylic acids is 1. The van der Waals surface area contributed by atoms with E-state index in [2.05, 4.69) is 65.2 Å². The molecule has 28 heavy (non-hydrogen) atoms. The molecule has 4 rings (SSSR count). The predicted octanol–water partition coefficient (Wildman–Crippen LogP) is 3.20. The molecule has 0 radical (unpaired) electrons. The number of nitrogens with zero attached hydrogens (tertiary/aromatic N) is 3. The van der Waals surface area contributed by atoms with E-state index in [1.807, 2.05) is 0 Å². The fraction of sp³-hybridized carbons (Fsp3) is 0.500. The third-order valence-corrected chi connectivity index (χ3v) is 6.87. The minimum atomic E-state index is 0.110. The summed E-state index contributed by atoms with van der Waals surface area (Å²) in [7, 11) is 4.15. The molecular formula is C22H29N3O2S. The summed E-state index contributed by atoms with van der Waals surface area (Å²) < 4.78 is 5.43. The van der Waals surface area contributed by atoms with Crippen LogP contribution in [-0.2, 0) is 9.53 Å². The molecule has 5 nitrogen and oxygen atoms in total. The first kappa shape index (κ1) is 19.6. The zero-order valence-corrected chi connectivity index (χ0v) is 17.6. The fourth-order valence-corrected chi connectivity index (χ4v) is 5.41. The molecule has 0 aliphatic carbocycles. The van der Waals surface area contributed by atoms with Crippen LogP contribution in [0.3, 0.4) is 0 Å². The molecule has 2 aliphatic rings. The molecule has 2 aliphatic heterocycles. The van der Waals surface area contributed by atoms with Crippen LogP contribution in [0.1, 0.15) is 17.4 Å². The summed E-state index contributed by atoms with van der Waals surface area (Å²) in [6.07, 6.45) is 1.01. The highest BCUT2D eigenvalue weighted by molar-refractivity contribution is 8.00. The van der Waals surface area contributed by atoms with Crippen LogP contribution in [0, 0.1) is 0 Å². The van der Waals surface area contributed by atoms with Crippen molar-refractivity contribution in [3.63, 3.8) is 0 Å². The highest BCUT2D eigenvalue weighted by Gasteiger charge is 2.33. The van der Waals surface area contributed by atoms with Crippen LogP contribution in [0.25, 0.3) is 10.8 Å². The lowest BCUT2D eigenvalue weighted by Crippen LogP contribution is -2.38. The van der Waals surface area contributed by atoms with Gasteiger partial charge in [-0.3, -0.25) is 9.69 Å². The first-order chi connectivity index (χ1) is 13.6. The van der Waals surface area contributed by atoms with Crippen LogP contribution >= 0.6 is 11.8 Å². The fourth-order valence-electron chi connectivity index (χ4n) is 4.15. The number of ether oxygens (including phenoxy) is 1. The summed E-state index contributed by atoms with van der Waals surface area (Å²) in [6.45, 7) is 5.50. The van der Waals surface area contributed by atoms with Gasteiger partial charge >= 0.3 is 0 Å². The quantitative estimate of drug-likeness (QED) is 0.746. The van der Waals surface area contributed by atoms with Gasteiger partial charge in [0, 0.05) is 51.3 Å². The van der Waals surface area contributed by atoms with Gasteiger partial charge in [-0.25, -0.2) is 0 Å². The van der Waals surface area contributed by atoms with E-state index in [9.17, 15) is 4.79 Å². The number of morpholine rings is 1. The molecule has 0 aromatic heterocycles. The van der Waals surface area contributed by atoms with Crippen molar-refractivity contribution in [1.29, 1.82) is 0 Å². The Morgan fingerprint density at radius 1 is 1.07 bits per heavy atom. The summed E-state index contributed by atoms with van der Waals surface area (Å²) in [5.74, 6) is 0.837. The molecule has 0 spiro atoms. The summed E-state index contributed by atoms with van der Waals surface area (Å²) >= 11 is 1.76. The minimum absolute atomic E-state index is 0.110. The van der Waals surface area contributed by atoms with Gasteiger partial charge in [0.05, 0.1) is 19.0 Å². The van der Waals surface area contributed by atoms with Gasteiger partial charge in [0.1, 0.15) is 5.37 Å². The number of fused-ring (bicyclic) bond motifs is 1. The van der Waals surface area contributed by atoms with E-state index in [4.69, 9.17) is 4.74 Å². The summed E-state index contributed by atoms with van der Waals surface area (Å²) in [5.41, 5.74) is 2.47. The number of hydrogen-bond donors (Lipinski definition) is 0. The number of anilines is 1. The number of benzene rings is 2. The number of thioether (sulfide) groups is 1. The minimum Gasteiger partial charge on any atom is -0.379 e. The number of rotatable bonds is 6. The summed E-state index contributed by atoms with van der Waals surface area (Å²) in [4.78, 5) is 19.3. The SMILES string of the molecule is CN(C)c1ccc(C2SCC(=O)N2CCCN2CCOCC2)c2ccccc12. The number of hydrogen-bond acceptors (Lipinski definition) is 5. The molecule has 0 N–H and O–H groups in total. The molecule has 2 saturated heterocycles. The molecule has 1 atom stereocenters. The molecular weight excluding hydrogens is 370 g/mol. The molecule has 150 valence electrons. The average Bonchev–Trinajstić information content (AvgIpc) is 3.08. The Balaban J connectivity index is 1.54. The highest BCUT2D eigenvalue weighted by atomic mass is 32.2. The van der Waals surface area contributed by atoms with Crippen LogP contribution in [0.5, 0.6) is 0 Å². The van der Waals surface area contributed by atoms with Gasteiger partial charge in [-0.05, 0) is 23.4 Å². The Kier molecular flexibility index (Phi) is 6.09. The van der Waals surface area contributed by atoms with E-state index >= 15 is 0 Å². The lowest BCUT2D eigenvalue weighted by atomic mass is 10.0. The third-order valence-electron chi connectivity index (χ3n) is 5.63. The van der Waals surface area contributed by atoms with Crippen molar-refractivity contribution in [3.05, 3.63) is 42.0 Å². The predicted molar refractivity (Wildman–Crippen MR) is 117 cm³/mol. The van der Waals surface area contributed by atoms with Gasteiger partial charge in [0.2, 0.25) is 5.91 Å². The molecule has 0 bridgehead atoms. The van der Waals surface area contributed by atoms with Crippen LogP contribution in [0.15, 0.2) is 36.4 Å². The Hall–Kier alpha value is -1.76. The number of amides is 1. The Bertz CT molecular complexity index is 836. The standard InChI is InChI=1S/C22H29N3O2S/c1-23(2)20-9-8-19(17-6-3-4-7-18(17)20)22-25(21(26)16-28-22)11-5-10-24-12-14-27-15-13-24/h3-4,6-9,22H,5,10-16H2,1-2H3. The lowest BCUT2D eigenvalue weighted by Gasteiger charge is -2.29. The van der Waals surface area contributed by atoms with Gasteiger partial charge in [-0.1, -0.05) is 30.3 Å². The van der Waals surface area contributed by atoms with E-state index in [0.717, 1.165) is 45.8 Å². The van der Waals surface area contributed by atoms with E-state index in [1.165, 1.54) is 22.0 Å². The topological polar surface area (TPSA) is 36.0 Å². The first-order valence-corrected chi connectivity index (χ1v) is 11.1. The van der Waals surface area contributed by atoms with Crippen molar-refractivity contribution >= 4 is 34.1 Å². The third kappa shape index (κ3) is 4.00. The van der Waals surface area contributed by atoms with Crippen molar-refractivity contribution in [2.45, 2.75) is 11.8 Å². The number of carbonyl (C=O) groups is 1. The van der Waals surface area contributed by atoms with Crippen molar-refractivity contribution in [1.82, 2.24) is 9.80 Å². The normalized spacial score (nSPS) is 20.9. The maximum absolute atomic E-state index is 12.6. The second kappa shape index (κ2) is 8.72. The maximum Gasteiger partial charge on any atom is 0.233 e. The van der Waals surface area contributed by atoms with Crippen LogP contribution < -0.4 is 4.90 Å². The van der Waals surface area contributed by atoms with Gasteiger partial charge in [0.25, 0.3) is 0 Å². The molecule has 6 heteroatoms. The van der Waals surface area contributed by atoms with Gasteiger partial charge < -0.3 is 14.5 Å². The smallest absolute Gasteiger partial charge is 0.233 e. The lowest BCUT2D eigenvalue weighted by molar-refractivity contribution is -0.128. The summed E-state index contributed by atoms with van der Waals surface area (Å²) in [5, 5.41) is 2.61. The molecule has 1 amide bonds. The maximum atomic E-state index is 12.6. The monoisotopic (exact) mass is 399 g/mol. The van der Waals surface area contributed by atoms with E-state index < -0.39 is 0 Å². The van der Waals surface area contributed by atoms with Crippen LogP contribution in [-0.4, -0.2) is 74.9 Å². The second-order valence-electron chi connectivity index (χ2n) is 7.67. The van der Waals surface area contributed by atoms with Crippen molar-refractivity contribution in [2.24, 2.45) is 0 Å². The van der Waals surface area contributed by atoms with E-state index in [-0.39, 0.29) is 11.3 Å². The molecule has 2 fully saturated rings. The second-order valence-corrected chi connectivity index (χ2v) is 8.74. The summed E-state index contributed by atoms with van der Waals surface area (Å²) in [6, 6.07) is 12.9. The largest absolute Gasteiger partial charge is 0.379 e. The van der Waals surface area contributed by atoms with Crippen molar-refractivity contribution < 1.29 is 9.53 Å². The molecule has 2 heterocycles. The molecule has 0 saturated carbocycles. The molecule has 1 unspecified atom stereocenters. The van der Waals surface area contributed by atoms with Crippen molar-refractivity contribution in [2.75, 3.05) is 64.1 Å². The first-order valence-electron chi connectivity index (χ1n) is 10.1. The Morgan fingerprint density at radius 2 is 1.82 bits per heavy atom. The average molecular weight is 400 g/mol. The highest BCUT2D eigenvalue weighted by Crippen LogP contribution is 2.43. The van der Waals surface area contributed by atoms with Crippen LogP contribution in [0.2, 0.25) is 0 Å². The van der Waals surface area contributed by atoms with Gasteiger partial charge in [-0.2, -0.15) is 0 Å². The zero-order valence-electron chi connectivity index (χ0n) is 16.8. The zero-order chi connectivity index (χ0) is 19.5. The molecule has 2 aromatic rings. The Labute approximate surface area is 171 Å². The van der Waals surface area contributed by atoms with E-state index in [1.54, 1.807) is 11.8 Å². The van der Waals surface area contributed by atoms with Gasteiger partial charge in [0.15, 0.2) is 0 Å².